The van der Waals surface area contributed by atoms with Crippen LogP contribution in [0.2, 0.25) is 0 Å². The number of β-amino-alcohol motifs (C(OH)–C–C–N with tert-alkyl or cyclic N) is 1. The minimum Gasteiger partial charge on any atom is -0.393 e. The number of fused-ring (bicyclic) bond motifs is 3. The fourth-order valence-electron chi connectivity index (χ4n) is 8.96. The number of hydrogen-bond donors (Lipinski definition) is 3. The molecule has 9 rings (SSSR count). The highest BCUT2D eigenvalue weighted by molar-refractivity contribution is 5.93. The van der Waals surface area contributed by atoms with Crippen molar-refractivity contribution in [3.8, 4) is 11.3 Å². The summed E-state index contributed by atoms with van der Waals surface area (Å²) in [5, 5.41) is 28.8. The van der Waals surface area contributed by atoms with Gasteiger partial charge in [-0.05, 0) is 85.5 Å². The normalized spacial score (nSPS) is 27.0. The molecule has 3 N–H and O–H groups in total. The van der Waals surface area contributed by atoms with Gasteiger partial charge in [0.1, 0.15) is 17.1 Å². The summed E-state index contributed by atoms with van der Waals surface area (Å²) in [6, 6.07) is 26.0. The van der Waals surface area contributed by atoms with E-state index in [9.17, 15) is 15.0 Å². The first-order chi connectivity index (χ1) is 24.7. The van der Waals surface area contributed by atoms with Crippen molar-refractivity contribution in [2.75, 3.05) is 37.7 Å². The lowest BCUT2D eigenvalue weighted by Gasteiger charge is -2.35. The zero-order chi connectivity index (χ0) is 35.0. The van der Waals surface area contributed by atoms with Crippen molar-refractivity contribution in [2.24, 2.45) is 5.92 Å². The van der Waals surface area contributed by atoms with Gasteiger partial charge in [-0.25, -0.2) is 13.9 Å². The van der Waals surface area contributed by atoms with Crippen molar-refractivity contribution in [1.82, 2.24) is 24.8 Å². The molecule has 0 radical (unpaired) electrons. The van der Waals surface area contributed by atoms with Crippen molar-refractivity contribution in [3.05, 3.63) is 118 Å². The maximum atomic E-state index is 15.9. The summed E-state index contributed by atoms with van der Waals surface area (Å²) in [7, 11) is 0. The Morgan fingerprint density at radius 2 is 1.76 bits per heavy atom. The second kappa shape index (κ2) is 12.3. The van der Waals surface area contributed by atoms with E-state index in [4.69, 9.17) is 10.1 Å². The van der Waals surface area contributed by atoms with Crippen LogP contribution < -0.4 is 10.2 Å². The summed E-state index contributed by atoms with van der Waals surface area (Å²) in [6.07, 6.45) is 2.17. The lowest BCUT2D eigenvalue weighted by molar-refractivity contribution is 0.00476. The molecule has 3 aliphatic heterocycles. The first kappa shape index (κ1) is 32.3. The maximum Gasteiger partial charge on any atom is 0.273 e. The van der Waals surface area contributed by atoms with Gasteiger partial charge in [-0.1, -0.05) is 48.5 Å². The van der Waals surface area contributed by atoms with Crippen LogP contribution >= 0.6 is 0 Å². The van der Waals surface area contributed by atoms with E-state index >= 15 is 4.39 Å². The van der Waals surface area contributed by atoms with Crippen molar-refractivity contribution in [3.63, 3.8) is 0 Å². The lowest BCUT2D eigenvalue weighted by atomic mass is 9.83. The van der Waals surface area contributed by atoms with Crippen molar-refractivity contribution >= 4 is 17.2 Å². The number of halogens is 1. The molecule has 1 saturated carbocycles. The monoisotopic (exact) mass is 686 g/mol. The molecule has 3 aromatic carbocycles. The van der Waals surface area contributed by atoms with E-state index in [1.807, 2.05) is 32.5 Å². The van der Waals surface area contributed by atoms with Crippen LogP contribution in [0, 0.1) is 11.7 Å². The van der Waals surface area contributed by atoms with Gasteiger partial charge in [-0.2, -0.15) is 5.10 Å². The second-order valence-electron chi connectivity index (χ2n) is 15.1. The number of carbonyl (C=O) groups is 1. The number of aliphatic hydroxyl groups excluding tert-OH is 1. The highest BCUT2D eigenvalue weighted by Gasteiger charge is 2.48. The molecule has 0 bridgehead atoms. The Morgan fingerprint density at radius 3 is 2.55 bits per heavy atom. The Labute approximate surface area is 296 Å². The van der Waals surface area contributed by atoms with Crippen LogP contribution in [0.4, 0.5) is 10.1 Å². The van der Waals surface area contributed by atoms with Crippen molar-refractivity contribution in [2.45, 2.75) is 62.6 Å². The summed E-state index contributed by atoms with van der Waals surface area (Å²) in [4.78, 5) is 23.0. The van der Waals surface area contributed by atoms with E-state index in [0.29, 0.717) is 65.7 Å². The Kier molecular flexibility index (Phi) is 7.75. The van der Waals surface area contributed by atoms with Crippen LogP contribution in [0.25, 0.3) is 16.9 Å². The molecule has 9 nitrogen and oxygen atoms in total. The highest BCUT2D eigenvalue weighted by atomic mass is 19.1. The zero-order valence-electron chi connectivity index (χ0n) is 29.0. The molecule has 1 aliphatic carbocycles. The van der Waals surface area contributed by atoms with Crippen molar-refractivity contribution < 1.29 is 19.4 Å². The predicted octanol–water partition coefficient (Wildman–Crippen LogP) is 5.78. The molecule has 5 heterocycles. The van der Waals surface area contributed by atoms with Gasteiger partial charge in [-0.3, -0.25) is 4.79 Å². The number of nitrogens with one attached hydrogen (secondary N) is 1. The Morgan fingerprint density at radius 1 is 0.980 bits per heavy atom. The van der Waals surface area contributed by atoms with Gasteiger partial charge in [0.15, 0.2) is 5.65 Å². The summed E-state index contributed by atoms with van der Waals surface area (Å²) in [6.45, 7) is 6.22. The van der Waals surface area contributed by atoms with Gasteiger partial charge in [0.05, 0.1) is 24.0 Å². The highest BCUT2D eigenvalue weighted by Crippen LogP contribution is 2.56. The minimum atomic E-state index is -1.18. The average Bonchev–Trinajstić information content (AvgIpc) is 3.64. The standard InChI is InChI=1S/C41H43FN6O3/c1-24-28-8-5-6-10-30(28)34(21-43-24)32-18-33(32)38-19-37(40(50)47-15-13-26-7-3-4-9-29(26)25(47)2)44-39-20-36(45-48(38)39)31-12-11-27(17-35(31)42)46-16-14-41(51,22-46)23-49/h3-12,17,19-20,24-25,32-34,43,49,51H,13-16,18,21-23H2,1-2H3/t24-,25-,32?,33?,34?,41?/m1/s1. The van der Waals surface area contributed by atoms with Gasteiger partial charge < -0.3 is 25.3 Å². The SMILES string of the molecule is C[C@@H]1c2ccccc2CCN1C(=O)c1cc(C2CC2C2CN[C@H](C)c3ccccc32)n2nc(-c3ccc(N4CCC(O)(CO)C4)cc3F)cc2n1. The number of carbonyl (C=O) groups excluding carboxylic acids is 1. The molecule has 4 unspecified atom stereocenters. The predicted molar refractivity (Wildman–Crippen MR) is 193 cm³/mol. The van der Waals surface area contributed by atoms with E-state index < -0.39 is 11.4 Å². The largest absolute Gasteiger partial charge is 0.393 e. The van der Waals surface area contributed by atoms with E-state index in [1.54, 1.807) is 12.1 Å². The number of hydrogen-bond acceptors (Lipinski definition) is 7. The summed E-state index contributed by atoms with van der Waals surface area (Å²) < 4.78 is 17.7. The Hall–Kier alpha value is -4.64. The van der Waals surface area contributed by atoms with E-state index in [1.165, 1.54) is 28.3 Å². The number of rotatable bonds is 6. The van der Waals surface area contributed by atoms with E-state index in [-0.39, 0.29) is 31.0 Å². The first-order valence-corrected chi connectivity index (χ1v) is 18.2. The fourth-order valence-corrected chi connectivity index (χ4v) is 8.96. The summed E-state index contributed by atoms with van der Waals surface area (Å²) in [5.74, 6) is 0.315. The average molecular weight is 687 g/mol. The molecule has 2 fully saturated rings. The molecule has 51 heavy (non-hydrogen) atoms. The molecule has 262 valence electrons. The third kappa shape index (κ3) is 5.51. The molecule has 2 aromatic heterocycles. The molecular formula is C41H43FN6O3. The molecule has 0 spiro atoms. The molecule has 1 saturated heterocycles. The van der Waals surface area contributed by atoms with Gasteiger partial charge in [0.25, 0.3) is 5.91 Å². The molecular weight excluding hydrogens is 643 g/mol. The van der Waals surface area contributed by atoms with Crippen LogP contribution in [0.1, 0.15) is 89.0 Å². The number of benzene rings is 3. The fraction of sp³-hybridized carbons (Fsp3) is 0.390. The van der Waals surface area contributed by atoms with Gasteiger partial charge in [-0.15, -0.1) is 0 Å². The van der Waals surface area contributed by atoms with Gasteiger partial charge >= 0.3 is 0 Å². The molecule has 10 heteroatoms. The molecule has 5 aromatic rings. The zero-order valence-corrected chi connectivity index (χ0v) is 29.0. The first-order valence-electron chi connectivity index (χ1n) is 18.2. The smallest absolute Gasteiger partial charge is 0.273 e. The van der Waals surface area contributed by atoms with Crippen LogP contribution in [-0.4, -0.2) is 74.0 Å². The Bertz CT molecular complexity index is 2170. The molecule has 6 atom stereocenters. The lowest BCUT2D eigenvalue weighted by Crippen LogP contribution is -2.39. The number of nitrogens with zero attached hydrogens (tertiary/aromatic N) is 5. The number of anilines is 1. The number of aromatic nitrogens is 3. The second-order valence-corrected chi connectivity index (χ2v) is 15.1. The minimum absolute atomic E-state index is 0.0820. The summed E-state index contributed by atoms with van der Waals surface area (Å²) in [5.41, 5.74) is 7.25. The topological polar surface area (TPSA) is 106 Å². The van der Waals surface area contributed by atoms with Gasteiger partial charge in [0, 0.05) is 61.4 Å². The van der Waals surface area contributed by atoms with Crippen LogP contribution in [0.3, 0.4) is 0 Å². The molecule has 1 amide bonds. The third-order valence-electron chi connectivity index (χ3n) is 12.0. The van der Waals surface area contributed by atoms with E-state index in [2.05, 4.69) is 61.6 Å². The summed E-state index contributed by atoms with van der Waals surface area (Å²) >= 11 is 0. The van der Waals surface area contributed by atoms with Crippen LogP contribution in [0.15, 0.2) is 78.9 Å². The number of aliphatic hydroxyl groups is 2. The van der Waals surface area contributed by atoms with E-state index in [0.717, 1.165) is 25.1 Å². The van der Waals surface area contributed by atoms with Crippen molar-refractivity contribution in [1.29, 1.82) is 0 Å². The Balaban J connectivity index is 1.09. The quantitative estimate of drug-likeness (QED) is 0.208. The third-order valence-corrected chi connectivity index (χ3v) is 12.0. The van der Waals surface area contributed by atoms with Gasteiger partial charge in [0.2, 0.25) is 0 Å². The maximum absolute atomic E-state index is 15.9. The molecule has 4 aliphatic rings. The number of amides is 1. The van der Waals surface area contributed by atoms with Crippen LogP contribution in [0.5, 0.6) is 0 Å². The van der Waals surface area contributed by atoms with Crippen LogP contribution in [-0.2, 0) is 6.42 Å².